The number of carboxylic acid groups (broad SMARTS) is 1. The number of rotatable bonds is 6. The van der Waals surface area contributed by atoms with Crippen LogP contribution < -0.4 is 0 Å². The van der Waals surface area contributed by atoms with Gasteiger partial charge in [-0.05, 0) is 23.1 Å². The number of carbonyl (C=O) groups is 2. The highest BCUT2D eigenvalue weighted by Gasteiger charge is 2.13. The molecule has 0 radical (unpaired) electrons. The van der Waals surface area contributed by atoms with E-state index >= 15 is 0 Å². The van der Waals surface area contributed by atoms with Gasteiger partial charge in [-0.15, -0.1) is 0 Å². The molecule has 0 spiro atoms. The van der Waals surface area contributed by atoms with E-state index in [4.69, 9.17) is 5.11 Å². The average molecular weight is 325 g/mol. The number of aliphatic carboxylic acids is 1. The fourth-order valence-electron chi connectivity index (χ4n) is 2.32. The van der Waals surface area contributed by atoms with Gasteiger partial charge in [-0.25, -0.2) is 4.79 Å². The molecular weight excluding hydrogens is 306 g/mol. The number of carbonyl (C=O) groups excluding carboxylic acids is 1. The molecule has 1 amide bonds. The molecule has 0 unspecified atom stereocenters. The number of aliphatic hydroxyl groups is 1. The maximum Gasteiger partial charge on any atom is 0.371 e. The van der Waals surface area contributed by atoms with E-state index in [9.17, 15) is 14.7 Å². The molecule has 2 rings (SSSR count). The number of hydrogen-bond acceptors (Lipinski definition) is 3. The molecule has 5 nitrogen and oxygen atoms in total. The van der Waals surface area contributed by atoms with Crippen molar-refractivity contribution < 1.29 is 19.8 Å². The molecule has 5 heteroatoms. The highest BCUT2D eigenvalue weighted by molar-refractivity contribution is 5.95. The van der Waals surface area contributed by atoms with E-state index < -0.39 is 17.6 Å². The van der Waals surface area contributed by atoms with Gasteiger partial charge in [0.25, 0.3) is 5.91 Å². The van der Waals surface area contributed by atoms with E-state index in [0.29, 0.717) is 12.6 Å². The van der Waals surface area contributed by atoms with Gasteiger partial charge in [0, 0.05) is 13.6 Å². The van der Waals surface area contributed by atoms with Crippen molar-refractivity contribution in [1.29, 1.82) is 0 Å². The maximum atomic E-state index is 12.0. The molecule has 0 aliphatic carbocycles. The molecule has 2 N–H and O–H groups in total. The Morgan fingerprint density at radius 3 is 2.17 bits per heavy atom. The number of aliphatic hydroxyl groups excluding tert-OH is 1. The van der Waals surface area contributed by atoms with Gasteiger partial charge in [0.05, 0.1) is 6.08 Å². The lowest BCUT2D eigenvalue weighted by atomic mass is 9.99. The average Bonchev–Trinajstić information content (AvgIpc) is 2.57. The Morgan fingerprint density at radius 1 is 0.958 bits per heavy atom. The molecule has 0 aromatic heterocycles. The smallest absolute Gasteiger partial charge is 0.371 e. The molecule has 0 bridgehead atoms. The first-order valence-electron chi connectivity index (χ1n) is 7.47. The van der Waals surface area contributed by atoms with Crippen LogP contribution in [0.4, 0.5) is 0 Å². The fraction of sp³-hybridized carbons (Fsp3) is 0.158. The van der Waals surface area contributed by atoms with Crippen LogP contribution in [0.2, 0.25) is 0 Å². The van der Waals surface area contributed by atoms with Gasteiger partial charge in [0.1, 0.15) is 0 Å². The Balaban J connectivity index is 2.14. The van der Waals surface area contributed by atoms with Gasteiger partial charge in [-0.1, -0.05) is 54.6 Å². The van der Waals surface area contributed by atoms with Crippen LogP contribution in [-0.4, -0.2) is 34.0 Å². The summed E-state index contributed by atoms with van der Waals surface area (Å²) in [4.78, 5) is 23.9. The molecule has 24 heavy (non-hydrogen) atoms. The van der Waals surface area contributed by atoms with Crippen LogP contribution >= 0.6 is 0 Å². The monoisotopic (exact) mass is 325 g/mol. The van der Waals surface area contributed by atoms with Crippen LogP contribution in [0, 0.1) is 0 Å². The van der Waals surface area contributed by atoms with E-state index in [1.54, 1.807) is 7.05 Å². The Labute approximate surface area is 140 Å². The predicted octanol–water partition coefficient (Wildman–Crippen LogP) is 2.76. The summed E-state index contributed by atoms with van der Waals surface area (Å²) in [5.74, 6) is -3.06. The summed E-state index contributed by atoms with van der Waals surface area (Å²) in [6.45, 7) is 0.325. The van der Waals surface area contributed by atoms with Crippen LogP contribution in [0.5, 0.6) is 0 Å². The summed E-state index contributed by atoms with van der Waals surface area (Å²) in [5, 5.41) is 17.8. The van der Waals surface area contributed by atoms with Crippen LogP contribution in [-0.2, 0) is 22.6 Å². The van der Waals surface area contributed by atoms with Crippen molar-refractivity contribution in [3.8, 4) is 0 Å². The normalized spacial score (nSPS) is 11.1. The van der Waals surface area contributed by atoms with Gasteiger partial charge in [-0.3, -0.25) is 4.79 Å². The van der Waals surface area contributed by atoms with E-state index in [1.807, 2.05) is 54.6 Å². The zero-order valence-electron chi connectivity index (χ0n) is 13.3. The summed E-state index contributed by atoms with van der Waals surface area (Å²) < 4.78 is 0. The minimum absolute atomic E-state index is 0.325. The molecule has 0 aliphatic heterocycles. The highest BCUT2D eigenvalue weighted by atomic mass is 16.4. The van der Waals surface area contributed by atoms with Crippen molar-refractivity contribution >= 4 is 11.9 Å². The minimum Gasteiger partial charge on any atom is -0.502 e. The quantitative estimate of drug-likeness (QED) is 0.632. The lowest BCUT2D eigenvalue weighted by Crippen LogP contribution is -2.25. The number of amides is 1. The van der Waals surface area contributed by atoms with Crippen LogP contribution in [0.25, 0.3) is 0 Å². The van der Waals surface area contributed by atoms with Crippen LogP contribution in [0.1, 0.15) is 16.7 Å². The van der Waals surface area contributed by atoms with E-state index in [0.717, 1.165) is 17.5 Å². The van der Waals surface area contributed by atoms with Crippen molar-refractivity contribution in [3.63, 3.8) is 0 Å². The second-order valence-corrected chi connectivity index (χ2v) is 5.46. The Hall–Kier alpha value is -3.08. The largest absolute Gasteiger partial charge is 0.502 e. The molecule has 2 aromatic carbocycles. The molecule has 0 saturated heterocycles. The SMILES string of the molecule is CN(Cc1ccccc1Cc1ccccc1)C(=O)/C=C(\O)C(=O)O. The van der Waals surface area contributed by atoms with E-state index in [2.05, 4.69) is 0 Å². The number of benzene rings is 2. The summed E-state index contributed by atoms with van der Waals surface area (Å²) >= 11 is 0. The summed E-state index contributed by atoms with van der Waals surface area (Å²) in [5.41, 5.74) is 3.23. The van der Waals surface area contributed by atoms with Crippen molar-refractivity contribution in [2.75, 3.05) is 7.05 Å². The first kappa shape index (κ1) is 17.3. The van der Waals surface area contributed by atoms with Crippen molar-refractivity contribution in [2.24, 2.45) is 0 Å². The Kier molecular flexibility index (Phi) is 5.73. The van der Waals surface area contributed by atoms with Gasteiger partial charge in [0.2, 0.25) is 5.76 Å². The molecule has 124 valence electrons. The lowest BCUT2D eigenvalue weighted by molar-refractivity contribution is -0.136. The summed E-state index contributed by atoms with van der Waals surface area (Å²) in [7, 11) is 1.56. The fourth-order valence-corrected chi connectivity index (χ4v) is 2.32. The second-order valence-electron chi connectivity index (χ2n) is 5.46. The third-order valence-corrected chi connectivity index (χ3v) is 3.62. The third-order valence-electron chi connectivity index (χ3n) is 3.62. The summed E-state index contributed by atoms with van der Waals surface area (Å²) in [6, 6.07) is 17.8. The van der Waals surface area contributed by atoms with Gasteiger partial charge >= 0.3 is 5.97 Å². The van der Waals surface area contributed by atoms with Crippen molar-refractivity contribution in [1.82, 2.24) is 4.90 Å². The number of carboxylic acids is 1. The van der Waals surface area contributed by atoms with Gasteiger partial charge in [-0.2, -0.15) is 0 Å². The van der Waals surface area contributed by atoms with Crippen LogP contribution in [0.3, 0.4) is 0 Å². The number of nitrogens with zero attached hydrogens (tertiary/aromatic N) is 1. The van der Waals surface area contributed by atoms with Crippen molar-refractivity contribution in [2.45, 2.75) is 13.0 Å². The van der Waals surface area contributed by atoms with E-state index in [-0.39, 0.29) is 0 Å². The molecule has 2 aromatic rings. The third kappa shape index (κ3) is 4.71. The molecule has 0 fully saturated rings. The predicted molar refractivity (Wildman–Crippen MR) is 90.5 cm³/mol. The number of hydrogen-bond donors (Lipinski definition) is 2. The number of likely N-dealkylation sites (N-methyl/N-ethyl adjacent to an activating group) is 1. The maximum absolute atomic E-state index is 12.0. The topological polar surface area (TPSA) is 77.8 Å². The Bertz CT molecular complexity index is 753. The molecule has 0 saturated carbocycles. The lowest BCUT2D eigenvalue weighted by Gasteiger charge is -2.18. The molecule has 0 atom stereocenters. The minimum atomic E-state index is -1.53. The van der Waals surface area contributed by atoms with Gasteiger partial charge in [0.15, 0.2) is 0 Å². The zero-order chi connectivity index (χ0) is 17.5. The molecular formula is C19H19NO4. The van der Waals surface area contributed by atoms with Crippen LogP contribution in [0.15, 0.2) is 66.4 Å². The van der Waals surface area contributed by atoms with Crippen molar-refractivity contribution in [3.05, 3.63) is 83.1 Å². The van der Waals surface area contributed by atoms with E-state index in [1.165, 1.54) is 10.5 Å². The molecule has 0 aliphatic rings. The second kappa shape index (κ2) is 7.97. The molecule has 0 heterocycles. The zero-order valence-corrected chi connectivity index (χ0v) is 13.3. The first-order chi connectivity index (χ1) is 11.5. The standard InChI is InChI=1S/C19H19NO4/c1-20(18(22)12-17(21)19(23)24)13-16-10-6-5-9-15(16)11-14-7-3-2-4-8-14/h2-10,12,21H,11,13H2,1H3,(H,23,24)/b17-12-. The Morgan fingerprint density at radius 2 is 1.54 bits per heavy atom. The highest BCUT2D eigenvalue weighted by Crippen LogP contribution is 2.16. The first-order valence-corrected chi connectivity index (χ1v) is 7.47. The summed E-state index contributed by atoms with van der Waals surface area (Å²) in [6.07, 6.45) is 1.46. The van der Waals surface area contributed by atoms with Gasteiger partial charge < -0.3 is 15.1 Å².